The van der Waals surface area contributed by atoms with E-state index in [1.165, 1.54) is 6.42 Å². The Kier molecular flexibility index (Phi) is 9.32. The number of carbonyl (C=O) groups is 1. The van der Waals surface area contributed by atoms with Gasteiger partial charge in [-0.15, -0.1) is 0 Å². The zero-order chi connectivity index (χ0) is 26.0. The Morgan fingerprint density at radius 3 is 2.73 bits per heavy atom. The highest BCUT2D eigenvalue weighted by Crippen LogP contribution is 2.31. The van der Waals surface area contributed by atoms with Crippen molar-refractivity contribution >= 4 is 16.6 Å². The molecule has 3 aromatic carbocycles. The van der Waals surface area contributed by atoms with Gasteiger partial charge in [0, 0.05) is 24.8 Å². The minimum atomic E-state index is -0.225. The molecule has 0 radical (unpaired) electrons. The fraction of sp³-hybridized carbons (Fsp3) is 0.406. The number of rotatable bonds is 6. The van der Waals surface area contributed by atoms with E-state index in [1.54, 1.807) is 13.2 Å². The highest BCUT2D eigenvalue weighted by molar-refractivity contribution is 5.88. The summed E-state index contributed by atoms with van der Waals surface area (Å²) in [6, 6.07) is 15.5. The average molecular weight is 501 g/mol. The van der Waals surface area contributed by atoms with Crippen LogP contribution in [-0.4, -0.2) is 24.1 Å². The normalized spacial score (nSPS) is 16.2. The van der Waals surface area contributed by atoms with Crippen molar-refractivity contribution in [2.75, 3.05) is 7.11 Å². The van der Waals surface area contributed by atoms with Gasteiger partial charge >= 0.3 is 0 Å². The minimum Gasteiger partial charge on any atom is -0.508 e. The Labute approximate surface area is 219 Å². The van der Waals surface area contributed by atoms with Crippen molar-refractivity contribution in [3.63, 3.8) is 0 Å². The SMILES string of the molecule is CCCCCC[C@H]1CC(=O)CCc2ccc(OC)c(c2)OCc2ccc3c(c(O)ccc3c2)CC#CO1. The molecular weight excluding hydrogens is 464 g/mol. The van der Waals surface area contributed by atoms with Gasteiger partial charge in [-0.1, -0.05) is 56.4 Å². The van der Waals surface area contributed by atoms with Crippen molar-refractivity contribution in [3.05, 3.63) is 65.2 Å². The molecule has 0 amide bonds. The third-order valence-corrected chi connectivity index (χ3v) is 6.88. The summed E-state index contributed by atoms with van der Waals surface area (Å²) < 4.78 is 17.6. The second-order valence-corrected chi connectivity index (χ2v) is 9.68. The molecule has 5 heteroatoms. The number of ether oxygens (including phenoxy) is 3. The number of hydrogen-bond acceptors (Lipinski definition) is 5. The monoisotopic (exact) mass is 500 g/mol. The molecule has 0 saturated carbocycles. The molecule has 0 unspecified atom stereocenters. The predicted octanol–water partition coefficient (Wildman–Crippen LogP) is 6.90. The van der Waals surface area contributed by atoms with Crippen LogP contribution in [0.3, 0.4) is 0 Å². The number of aromatic hydroxyl groups is 1. The first kappa shape index (κ1) is 26.4. The molecule has 6 bridgehead atoms. The van der Waals surface area contributed by atoms with Crippen LogP contribution in [-0.2, 0) is 29.0 Å². The molecule has 37 heavy (non-hydrogen) atoms. The van der Waals surface area contributed by atoms with Crippen molar-refractivity contribution in [2.45, 2.75) is 77.4 Å². The number of aryl methyl sites for hydroxylation is 1. The lowest BCUT2D eigenvalue weighted by Crippen LogP contribution is -2.16. The Morgan fingerprint density at radius 2 is 1.89 bits per heavy atom. The summed E-state index contributed by atoms with van der Waals surface area (Å²) in [5.74, 6) is 4.76. The number of hydrogen-bond donors (Lipinski definition) is 1. The van der Waals surface area contributed by atoms with Gasteiger partial charge in [-0.25, -0.2) is 0 Å². The fourth-order valence-electron chi connectivity index (χ4n) is 4.75. The number of phenols is 1. The molecule has 0 aromatic heterocycles. The van der Waals surface area contributed by atoms with Crippen LogP contribution in [0.15, 0.2) is 48.5 Å². The van der Waals surface area contributed by atoms with E-state index in [0.717, 1.165) is 53.1 Å². The lowest BCUT2D eigenvalue weighted by atomic mass is 9.99. The van der Waals surface area contributed by atoms with E-state index in [-0.39, 0.29) is 17.6 Å². The fourth-order valence-corrected chi connectivity index (χ4v) is 4.75. The van der Waals surface area contributed by atoms with Gasteiger partial charge < -0.3 is 19.3 Å². The molecule has 2 aliphatic rings. The quantitative estimate of drug-likeness (QED) is 0.295. The average Bonchev–Trinajstić information content (AvgIpc) is 2.91. The lowest BCUT2D eigenvalue weighted by molar-refractivity contribution is -0.121. The van der Waals surface area contributed by atoms with Gasteiger partial charge in [-0.3, -0.25) is 4.79 Å². The van der Waals surface area contributed by atoms with E-state index in [4.69, 9.17) is 14.2 Å². The van der Waals surface area contributed by atoms with Crippen molar-refractivity contribution < 1.29 is 24.1 Å². The molecule has 5 rings (SSSR count). The molecule has 0 fully saturated rings. The van der Waals surface area contributed by atoms with Crippen LogP contribution < -0.4 is 9.47 Å². The summed E-state index contributed by atoms with van der Waals surface area (Å²) in [5, 5.41) is 12.5. The molecule has 0 saturated heterocycles. The predicted molar refractivity (Wildman–Crippen MR) is 146 cm³/mol. The first-order valence-corrected chi connectivity index (χ1v) is 13.3. The summed E-state index contributed by atoms with van der Waals surface area (Å²) in [7, 11) is 1.62. The van der Waals surface area contributed by atoms with Crippen LogP contribution in [0, 0.1) is 12.0 Å². The molecule has 0 spiro atoms. The van der Waals surface area contributed by atoms with Gasteiger partial charge in [-0.2, -0.15) is 0 Å². The third kappa shape index (κ3) is 7.20. The number of benzene rings is 3. The summed E-state index contributed by atoms with van der Waals surface area (Å²) in [5.41, 5.74) is 2.80. The summed E-state index contributed by atoms with van der Waals surface area (Å²) in [4.78, 5) is 12.9. The van der Waals surface area contributed by atoms with Crippen LogP contribution in [0.25, 0.3) is 10.8 Å². The zero-order valence-electron chi connectivity index (χ0n) is 21.8. The lowest BCUT2D eigenvalue weighted by Gasteiger charge is -2.15. The van der Waals surface area contributed by atoms with E-state index in [2.05, 4.69) is 25.0 Å². The van der Waals surface area contributed by atoms with Gasteiger partial charge in [0.1, 0.15) is 30.4 Å². The minimum absolute atomic E-state index is 0.165. The second kappa shape index (κ2) is 13.1. The topological polar surface area (TPSA) is 65.0 Å². The first-order chi connectivity index (χ1) is 18.1. The molecule has 1 N–H and O–H groups in total. The molecule has 2 aliphatic heterocycles. The highest BCUT2D eigenvalue weighted by atomic mass is 16.5. The maximum atomic E-state index is 12.9. The number of Topliss-reactive ketones (excluding diaryl/α,β-unsaturated/α-hetero) is 1. The number of carbonyl (C=O) groups excluding carboxylic acids is 1. The summed E-state index contributed by atoms with van der Waals surface area (Å²) in [6.07, 6.45) is 9.67. The Hall–Kier alpha value is -3.65. The van der Waals surface area contributed by atoms with Crippen molar-refractivity contribution in [1.29, 1.82) is 0 Å². The van der Waals surface area contributed by atoms with Gasteiger partial charge in [-0.05, 0) is 65.4 Å². The van der Waals surface area contributed by atoms with E-state index < -0.39 is 0 Å². The number of phenolic OH excluding ortho intramolecular Hbond substituents is 1. The number of fused-ring (bicyclic) bond motifs is 9. The largest absolute Gasteiger partial charge is 0.508 e. The summed E-state index contributed by atoms with van der Waals surface area (Å²) in [6.45, 7) is 2.56. The maximum Gasteiger partial charge on any atom is 0.161 e. The van der Waals surface area contributed by atoms with Gasteiger partial charge in [0.05, 0.1) is 7.11 Å². The number of methoxy groups -OCH3 is 1. The van der Waals surface area contributed by atoms with E-state index in [9.17, 15) is 9.90 Å². The van der Waals surface area contributed by atoms with Gasteiger partial charge in [0.25, 0.3) is 0 Å². The standard InChI is InChI=1S/C32H36O5/c1-3-4-5-6-8-27-21-26(33)14-10-23-12-17-31(35-2)32(20-23)37-22-24-11-15-28-25(19-24)13-16-30(34)29(28)9-7-18-36-27/h11-13,15-17,19-20,27,34H,3-6,8-10,14,21-22H2,1-2H3/t27-/m0/s1. The van der Waals surface area contributed by atoms with E-state index in [1.807, 2.05) is 36.4 Å². The van der Waals surface area contributed by atoms with Crippen LogP contribution >= 0.6 is 0 Å². The number of unbranched alkanes of at least 4 members (excludes halogenated alkanes) is 3. The van der Waals surface area contributed by atoms with Crippen molar-refractivity contribution in [2.24, 2.45) is 0 Å². The van der Waals surface area contributed by atoms with E-state index in [0.29, 0.717) is 43.8 Å². The van der Waals surface area contributed by atoms with Gasteiger partial charge in [0.2, 0.25) is 0 Å². The Bertz CT molecular complexity index is 1280. The van der Waals surface area contributed by atoms with Crippen LogP contribution in [0.1, 0.15) is 68.6 Å². The first-order valence-electron chi connectivity index (χ1n) is 13.3. The smallest absolute Gasteiger partial charge is 0.161 e. The van der Waals surface area contributed by atoms with E-state index >= 15 is 0 Å². The molecule has 2 heterocycles. The van der Waals surface area contributed by atoms with Gasteiger partial charge in [0.15, 0.2) is 11.5 Å². The highest BCUT2D eigenvalue weighted by Gasteiger charge is 2.16. The number of ketones is 1. The maximum absolute atomic E-state index is 12.9. The zero-order valence-corrected chi connectivity index (χ0v) is 21.8. The molecule has 1 atom stereocenters. The van der Waals surface area contributed by atoms with Crippen LogP contribution in [0.5, 0.6) is 17.2 Å². The van der Waals surface area contributed by atoms with Crippen molar-refractivity contribution in [3.8, 4) is 29.3 Å². The van der Waals surface area contributed by atoms with Crippen molar-refractivity contribution in [1.82, 2.24) is 0 Å². The summed E-state index contributed by atoms with van der Waals surface area (Å²) >= 11 is 0. The molecule has 194 valence electrons. The van der Waals surface area contributed by atoms with Crippen LogP contribution in [0.4, 0.5) is 0 Å². The van der Waals surface area contributed by atoms with Crippen LogP contribution in [0.2, 0.25) is 0 Å². The third-order valence-electron chi connectivity index (χ3n) is 6.88. The Balaban J connectivity index is 1.64. The molecule has 0 aliphatic carbocycles. The molecule has 5 nitrogen and oxygen atoms in total. The molecular formula is C32H36O5. The second-order valence-electron chi connectivity index (χ2n) is 9.68. The molecule has 3 aromatic rings. The Morgan fingerprint density at radius 1 is 1.03 bits per heavy atom.